The quantitative estimate of drug-likeness (QED) is 0.586. The van der Waals surface area contributed by atoms with Crippen LogP contribution >= 0.6 is 11.3 Å². The maximum Gasteiger partial charge on any atom is 0.287 e. The second-order valence-electron chi connectivity index (χ2n) is 8.32. The lowest BCUT2D eigenvalue weighted by molar-refractivity contribution is -0.117. The molecule has 1 aromatic carbocycles. The molecular formula is C24H28N4O3S. The fourth-order valence-corrected chi connectivity index (χ4v) is 4.51. The summed E-state index contributed by atoms with van der Waals surface area (Å²) in [6.45, 7) is 7.80. The highest BCUT2D eigenvalue weighted by Gasteiger charge is 2.23. The molecule has 0 atom stereocenters. The number of hydrogen-bond acceptors (Lipinski definition) is 6. The predicted molar refractivity (Wildman–Crippen MR) is 126 cm³/mol. The highest BCUT2D eigenvalue weighted by Crippen LogP contribution is 2.26. The van der Waals surface area contributed by atoms with Crippen molar-refractivity contribution in [3.05, 3.63) is 58.4 Å². The first-order valence-corrected chi connectivity index (χ1v) is 11.7. The molecule has 32 heavy (non-hydrogen) atoms. The van der Waals surface area contributed by atoms with Gasteiger partial charge in [-0.15, -0.1) is 11.3 Å². The molecule has 0 aliphatic carbocycles. The Morgan fingerprint density at radius 3 is 2.59 bits per heavy atom. The third kappa shape index (κ3) is 5.44. The number of likely N-dealkylation sites (tertiary alicyclic amines) is 1. The fraction of sp³-hybridized carbons (Fsp3) is 0.375. The highest BCUT2D eigenvalue weighted by atomic mass is 32.1. The van der Waals surface area contributed by atoms with E-state index in [1.807, 2.05) is 12.3 Å². The minimum absolute atomic E-state index is 0.0699. The van der Waals surface area contributed by atoms with Gasteiger partial charge >= 0.3 is 0 Å². The van der Waals surface area contributed by atoms with E-state index in [0.29, 0.717) is 17.4 Å². The SMILES string of the molecule is Cc1ccc(C(=O)NC2CCN(CC(=O)Nc3nc(-c4ccc(C)c(C)c4)cs3)CC2)o1. The molecule has 0 saturated carbocycles. The average molecular weight is 453 g/mol. The van der Waals surface area contributed by atoms with Gasteiger partial charge in [0.25, 0.3) is 5.91 Å². The van der Waals surface area contributed by atoms with E-state index in [1.165, 1.54) is 22.5 Å². The normalized spacial score (nSPS) is 15.0. The summed E-state index contributed by atoms with van der Waals surface area (Å²) in [5.74, 6) is 0.808. The van der Waals surface area contributed by atoms with Crippen molar-refractivity contribution >= 4 is 28.3 Å². The maximum absolute atomic E-state index is 12.5. The van der Waals surface area contributed by atoms with E-state index in [2.05, 4.69) is 52.6 Å². The first kappa shape index (κ1) is 22.2. The van der Waals surface area contributed by atoms with E-state index in [1.54, 1.807) is 12.1 Å². The number of carbonyl (C=O) groups is 2. The summed E-state index contributed by atoms with van der Waals surface area (Å²) in [4.78, 5) is 31.4. The number of anilines is 1. The predicted octanol–water partition coefficient (Wildman–Crippen LogP) is 4.16. The van der Waals surface area contributed by atoms with Gasteiger partial charge in [0.05, 0.1) is 12.2 Å². The van der Waals surface area contributed by atoms with Crippen LogP contribution in [0.1, 0.15) is 40.3 Å². The molecular weight excluding hydrogens is 424 g/mol. The largest absolute Gasteiger partial charge is 0.456 e. The van der Waals surface area contributed by atoms with Gasteiger partial charge in [-0.1, -0.05) is 12.1 Å². The molecule has 168 valence electrons. The molecule has 0 bridgehead atoms. The number of amides is 2. The molecule has 2 N–H and O–H groups in total. The third-order valence-corrected chi connectivity index (χ3v) is 6.57. The number of carbonyl (C=O) groups excluding carboxylic acids is 2. The summed E-state index contributed by atoms with van der Waals surface area (Å²) >= 11 is 1.43. The molecule has 2 amide bonds. The molecule has 2 aromatic heterocycles. The zero-order valence-corrected chi connectivity index (χ0v) is 19.4. The van der Waals surface area contributed by atoms with Gasteiger partial charge in [0.15, 0.2) is 10.9 Å². The van der Waals surface area contributed by atoms with Crippen LogP contribution in [0.25, 0.3) is 11.3 Å². The lowest BCUT2D eigenvalue weighted by atomic mass is 10.0. The van der Waals surface area contributed by atoms with Crippen LogP contribution in [0.2, 0.25) is 0 Å². The summed E-state index contributed by atoms with van der Waals surface area (Å²) in [6, 6.07) is 9.82. The Kier molecular flexibility index (Phi) is 6.72. The van der Waals surface area contributed by atoms with Crippen LogP contribution in [0.15, 0.2) is 40.1 Å². The van der Waals surface area contributed by atoms with E-state index in [4.69, 9.17) is 4.42 Å². The van der Waals surface area contributed by atoms with Gasteiger partial charge in [0, 0.05) is 30.1 Å². The lowest BCUT2D eigenvalue weighted by Crippen LogP contribution is -2.46. The number of nitrogens with one attached hydrogen (secondary N) is 2. The molecule has 3 heterocycles. The second-order valence-corrected chi connectivity index (χ2v) is 9.18. The van der Waals surface area contributed by atoms with Gasteiger partial charge in [-0.3, -0.25) is 14.5 Å². The molecule has 0 unspecified atom stereocenters. The summed E-state index contributed by atoms with van der Waals surface area (Å²) in [7, 11) is 0. The number of nitrogens with zero attached hydrogens (tertiary/aromatic N) is 2. The summed E-state index contributed by atoms with van der Waals surface area (Å²) < 4.78 is 5.38. The Bertz CT molecular complexity index is 1110. The molecule has 0 spiro atoms. The van der Waals surface area contributed by atoms with Gasteiger partial charge < -0.3 is 15.1 Å². The van der Waals surface area contributed by atoms with Crippen molar-refractivity contribution < 1.29 is 14.0 Å². The van der Waals surface area contributed by atoms with Crippen molar-refractivity contribution in [2.45, 2.75) is 39.7 Å². The van der Waals surface area contributed by atoms with E-state index in [-0.39, 0.29) is 17.9 Å². The monoisotopic (exact) mass is 452 g/mol. The Morgan fingerprint density at radius 2 is 1.91 bits per heavy atom. The van der Waals surface area contributed by atoms with Crippen LogP contribution < -0.4 is 10.6 Å². The van der Waals surface area contributed by atoms with Gasteiger partial charge in [-0.25, -0.2) is 4.98 Å². The van der Waals surface area contributed by atoms with Crippen LogP contribution in [0.5, 0.6) is 0 Å². The van der Waals surface area contributed by atoms with Crippen molar-refractivity contribution in [2.75, 3.05) is 25.0 Å². The Hall–Kier alpha value is -2.97. The zero-order valence-electron chi connectivity index (χ0n) is 18.6. The summed E-state index contributed by atoms with van der Waals surface area (Å²) in [6.07, 6.45) is 1.60. The molecule has 3 aromatic rings. The molecule has 1 saturated heterocycles. The number of aromatic nitrogens is 1. The number of piperidine rings is 1. The van der Waals surface area contributed by atoms with Crippen molar-refractivity contribution in [1.29, 1.82) is 0 Å². The van der Waals surface area contributed by atoms with Crippen molar-refractivity contribution in [1.82, 2.24) is 15.2 Å². The third-order valence-electron chi connectivity index (χ3n) is 5.81. The van der Waals surface area contributed by atoms with E-state index < -0.39 is 0 Å². The summed E-state index contributed by atoms with van der Waals surface area (Å²) in [5, 5.41) is 8.51. The lowest BCUT2D eigenvalue weighted by Gasteiger charge is -2.31. The summed E-state index contributed by atoms with van der Waals surface area (Å²) in [5.41, 5.74) is 4.40. The second kappa shape index (κ2) is 9.67. The van der Waals surface area contributed by atoms with E-state index in [9.17, 15) is 9.59 Å². The van der Waals surface area contributed by atoms with Crippen molar-refractivity contribution in [2.24, 2.45) is 0 Å². The minimum Gasteiger partial charge on any atom is -0.456 e. The standard InChI is InChI=1S/C24H28N4O3S/c1-15-4-6-18(12-16(15)2)20-14-32-24(26-20)27-22(29)13-28-10-8-19(9-11-28)25-23(30)21-7-5-17(3)31-21/h4-7,12,14,19H,8-11,13H2,1-3H3,(H,25,30)(H,26,27,29). The number of benzene rings is 1. The average Bonchev–Trinajstić information content (AvgIpc) is 3.40. The highest BCUT2D eigenvalue weighted by molar-refractivity contribution is 7.14. The molecule has 7 nitrogen and oxygen atoms in total. The molecule has 1 aliphatic rings. The van der Waals surface area contributed by atoms with Gasteiger partial charge in [0.2, 0.25) is 5.91 Å². The van der Waals surface area contributed by atoms with Crippen LogP contribution in [0.4, 0.5) is 5.13 Å². The molecule has 4 rings (SSSR count). The number of thiazole rings is 1. The Labute approximate surface area is 191 Å². The van der Waals surface area contributed by atoms with Crippen molar-refractivity contribution in [3.8, 4) is 11.3 Å². The fourth-order valence-electron chi connectivity index (χ4n) is 3.77. The van der Waals surface area contributed by atoms with Crippen LogP contribution in [-0.2, 0) is 4.79 Å². The van der Waals surface area contributed by atoms with Gasteiger partial charge in [0.1, 0.15) is 5.76 Å². The molecule has 8 heteroatoms. The molecule has 0 radical (unpaired) electrons. The van der Waals surface area contributed by atoms with Crippen LogP contribution in [-0.4, -0.2) is 47.4 Å². The van der Waals surface area contributed by atoms with Crippen LogP contribution in [0.3, 0.4) is 0 Å². The Balaban J connectivity index is 1.23. The maximum atomic E-state index is 12.5. The number of rotatable bonds is 6. The van der Waals surface area contributed by atoms with Crippen molar-refractivity contribution in [3.63, 3.8) is 0 Å². The van der Waals surface area contributed by atoms with E-state index in [0.717, 1.165) is 42.9 Å². The van der Waals surface area contributed by atoms with Gasteiger partial charge in [-0.2, -0.15) is 0 Å². The number of furan rings is 1. The number of hydrogen-bond donors (Lipinski definition) is 2. The first-order valence-electron chi connectivity index (χ1n) is 10.8. The van der Waals surface area contributed by atoms with E-state index >= 15 is 0 Å². The zero-order chi connectivity index (χ0) is 22.7. The smallest absolute Gasteiger partial charge is 0.287 e. The minimum atomic E-state index is -0.183. The molecule has 1 fully saturated rings. The van der Waals surface area contributed by atoms with Gasteiger partial charge in [-0.05, 0) is 62.9 Å². The first-order chi connectivity index (χ1) is 15.4. The topological polar surface area (TPSA) is 87.5 Å². The Morgan fingerprint density at radius 1 is 1.12 bits per heavy atom. The van der Waals surface area contributed by atoms with Crippen LogP contribution in [0, 0.1) is 20.8 Å². The number of aryl methyl sites for hydroxylation is 3. The molecule has 1 aliphatic heterocycles.